The summed E-state index contributed by atoms with van der Waals surface area (Å²) in [6.07, 6.45) is 0. The summed E-state index contributed by atoms with van der Waals surface area (Å²) in [7, 11) is -2.54. The van der Waals surface area contributed by atoms with Gasteiger partial charge in [0.2, 0.25) is 10.0 Å². The van der Waals surface area contributed by atoms with Crippen molar-refractivity contribution in [2.75, 3.05) is 13.7 Å². The zero-order valence-electron chi connectivity index (χ0n) is 16.0. The zero-order chi connectivity index (χ0) is 20.2. The predicted molar refractivity (Wildman–Crippen MR) is 111 cm³/mol. The highest BCUT2D eigenvalue weighted by Gasteiger charge is 2.18. The van der Waals surface area contributed by atoms with Gasteiger partial charge in [-0.3, -0.25) is 4.79 Å². The Bertz CT molecular complexity index is 915. The van der Waals surface area contributed by atoms with Gasteiger partial charge in [-0.25, -0.2) is 13.6 Å². The van der Waals surface area contributed by atoms with Crippen LogP contribution < -0.4 is 20.9 Å². The van der Waals surface area contributed by atoms with Crippen LogP contribution in [0.5, 0.6) is 5.75 Å². The molecule has 28 heavy (non-hydrogen) atoms. The maximum Gasteiger partial charge on any atom is 0.255 e. The molecule has 0 aliphatic heterocycles. The van der Waals surface area contributed by atoms with E-state index in [0.29, 0.717) is 5.92 Å². The molecule has 9 heteroatoms. The first kappa shape index (κ1) is 23.9. The van der Waals surface area contributed by atoms with Crippen molar-refractivity contribution in [3.63, 3.8) is 0 Å². The van der Waals surface area contributed by atoms with E-state index in [4.69, 9.17) is 15.6 Å². The number of hydrogen-bond donors (Lipinski definition) is 3. The number of methoxy groups -OCH3 is 1. The van der Waals surface area contributed by atoms with Gasteiger partial charge in [-0.15, -0.1) is 12.4 Å². The molecular formula is C19H26ClN3O4S. The molecule has 154 valence electrons. The average molecular weight is 428 g/mol. The number of nitrogens with one attached hydrogen (secondary N) is 1. The smallest absolute Gasteiger partial charge is 0.255 e. The second-order valence-corrected chi connectivity index (χ2v) is 8.11. The summed E-state index contributed by atoms with van der Waals surface area (Å²) < 4.78 is 28.2. The summed E-state index contributed by atoms with van der Waals surface area (Å²) >= 11 is 0. The lowest BCUT2D eigenvalue weighted by molar-refractivity contribution is 0.0948. The third-order valence-electron chi connectivity index (χ3n) is 4.26. The SMILES string of the molecule is COc1ccc(S(N)(=O)=O)cc1C(=O)NCC(N)c1ccc(C(C)C)cc1.Cl. The Hall–Kier alpha value is -2.13. The highest BCUT2D eigenvalue weighted by molar-refractivity contribution is 7.89. The number of primary sulfonamides is 1. The third-order valence-corrected chi connectivity index (χ3v) is 5.17. The lowest BCUT2D eigenvalue weighted by Crippen LogP contribution is -2.32. The number of benzene rings is 2. The fourth-order valence-electron chi connectivity index (χ4n) is 2.59. The Kier molecular flexibility index (Phi) is 8.44. The van der Waals surface area contributed by atoms with Crippen molar-refractivity contribution in [1.29, 1.82) is 0 Å². The Labute approximate surface area is 171 Å². The number of hydrogen-bond acceptors (Lipinski definition) is 5. The fraction of sp³-hybridized carbons (Fsp3) is 0.316. The Morgan fingerprint density at radius 3 is 2.18 bits per heavy atom. The number of amides is 1. The molecule has 5 N–H and O–H groups in total. The monoisotopic (exact) mass is 427 g/mol. The van der Waals surface area contributed by atoms with Gasteiger partial charge in [0.25, 0.3) is 5.91 Å². The fourth-order valence-corrected chi connectivity index (χ4v) is 3.13. The molecule has 2 rings (SSSR count). The van der Waals surface area contributed by atoms with Crippen LogP contribution in [0.25, 0.3) is 0 Å². The number of sulfonamides is 1. The Balaban J connectivity index is 0.00000392. The summed E-state index contributed by atoms with van der Waals surface area (Å²) in [6, 6.07) is 11.4. The standard InChI is InChI=1S/C19H25N3O4S.ClH/c1-12(2)13-4-6-14(7-5-13)17(20)11-22-19(23)16-10-15(27(21,24)25)8-9-18(16)26-3;/h4-10,12,17H,11,20H2,1-3H3,(H,22,23)(H2,21,24,25);1H. The van der Waals surface area contributed by atoms with Gasteiger partial charge in [0, 0.05) is 12.6 Å². The van der Waals surface area contributed by atoms with E-state index in [2.05, 4.69) is 19.2 Å². The van der Waals surface area contributed by atoms with Crippen LogP contribution in [-0.4, -0.2) is 28.0 Å². The van der Waals surface area contributed by atoms with Crippen molar-refractivity contribution in [1.82, 2.24) is 5.32 Å². The first-order valence-electron chi connectivity index (χ1n) is 8.48. The number of carbonyl (C=O) groups excluding carboxylic acids is 1. The van der Waals surface area contributed by atoms with Crippen LogP contribution >= 0.6 is 12.4 Å². The molecule has 0 saturated carbocycles. The maximum absolute atomic E-state index is 12.5. The summed E-state index contributed by atoms with van der Waals surface area (Å²) in [5, 5.41) is 7.84. The van der Waals surface area contributed by atoms with Crippen molar-refractivity contribution >= 4 is 28.3 Å². The van der Waals surface area contributed by atoms with E-state index in [1.165, 1.54) is 30.9 Å². The highest BCUT2D eigenvalue weighted by Crippen LogP contribution is 2.22. The minimum absolute atomic E-state index is 0. The van der Waals surface area contributed by atoms with Crippen molar-refractivity contribution < 1.29 is 17.9 Å². The van der Waals surface area contributed by atoms with Crippen LogP contribution in [0, 0.1) is 0 Å². The number of carbonyl (C=O) groups is 1. The van der Waals surface area contributed by atoms with Crippen LogP contribution in [0.1, 0.15) is 47.3 Å². The van der Waals surface area contributed by atoms with Gasteiger partial charge in [0.1, 0.15) is 5.75 Å². The molecule has 0 aliphatic rings. The third kappa shape index (κ3) is 5.93. The molecule has 0 radical (unpaired) electrons. The van der Waals surface area contributed by atoms with E-state index in [1.54, 1.807) is 0 Å². The van der Waals surface area contributed by atoms with E-state index in [9.17, 15) is 13.2 Å². The van der Waals surface area contributed by atoms with Gasteiger partial charge in [-0.1, -0.05) is 38.1 Å². The van der Waals surface area contributed by atoms with E-state index < -0.39 is 22.0 Å². The van der Waals surface area contributed by atoms with Crippen molar-refractivity contribution in [2.45, 2.75) is 30.7 Å². The van der Waals surface area contributed by atoms with Crippen LogP contribution in [0.3, 0.4) is 0 Å². The van der Waals surface area contributed by atoms with E-state index in [1.807, 2.05) is 24.3 Å². The average Bonchev–Trinajstić information content (AvgIpc) is 2.64. The maximum atomic E-state index is 12.5. The van der Waals surface area contributed by atoms with E-state index >= 15 is 0 Å². The van der Waals surface area contributed by atoms with Crippen LogP contribution in [0.15, 0.2) is 47.4 Å². The Morgan fingerprint density at radius 1 is 1.11 bits per heavy atom. The van der Waals surface area contributed by atoms with Crippen LogP contribution in [0.4, 0.5) is 0 Å². The largest absolute Gasteiger partial charge is 0.496 e. The van der Waals surface area contributed by atoms with Crippen molar-refractivity contribution in [3.8, 4) is 5.75 Å². The summed E-state index contributed by atoms with van der Waals surface area (Å²) in [6.45, 7) is 4.40. The zero-order valence-corrected chi connectivity index (χ0v) is 17.6. The minimum Gasteiger partial charge on any atom is -0.496 e. The number of halogens is 1. The number of rotatable bonds is 7. The molecule has 2 aromatic rings. The highest BCUT2D eigenvalue weighted by atomic mass is 35.5. The van der Waals surface area contributed by atoms with E-state index in [-0.39, 0.29) is 35.2 Å². The molecule has 0 spiro atoms. The predicted octanol–water partition coefficient (Wildman–Crippen LogP) is 2.32. The molecule has 0 saturated heterocycles. The lowest BCUT2D eigenvalue weighted by Gasteiger charge is -2.16. The quantitative estimate of drug-likeness (QED) is 0.625. The summed E-state index contributed by atoms with van der Waals surface area (Å²) in [5.41, 5.74) is 8.33. The molecule has 0 heterocycles. The van der Waals surface area contributed by atoms with Gasteiger partial charge in [0.05, 0.1) is 17.6 Å². The topological polar surface area (TPSA) is 125 Å². The van der Waals surface area contributed by atoms with Crippen molar-refractivity contribution in [2.24, 2.45) is 10.9 Å². The number of ether oxygens (including phenoxy) is 1. The van der Waals surface area contributed by atoms with Crippen molar-refractivity contribution in [3.05, 3.63) is 59.2 Å². The minimum atomic E-state index is -3.93. The molecule has 7 nitrogen and oxygen atoms in total. The van der Waals surface area contributed by atoms with Crippen LogP contribution in [0.2, 0.25) is 0 Å². The molecule has 1 amide bonds. The molecule has 1 atom stereocenters. The first-order chi connectivity index (χ1) is 12.6. The van der Waals surface area contributed by atoms with Gasteiger partial charge in [0.15, 0.2) is 0 Å². The molecule has 0 aliphatic carbocycles. The molecular weight excluding hydrogens is 402 g/mol. The number of nitrogens with two attached hydrogens (primary N) is 2. The first-order valence-corrected chi connectivity index (χ1v) is 10.0. The normalized spacial score (nSPS) is 12.2. The lowest BCUT2D eigenvalue weighted by atomic mass is 9.99. The van der Waals surface area contributed by atoms with Gasteiger partial charge < -0.3 is 15.8 Å². The second-order valence-electron chi connectivity index (χ2n) is 6.54. The molecule has 0 fully saturated rings. The van der Waals surface area contributed by atoms with Gasteiger partial charge in [-0.2, -0.15) is 0 Å². The van der Waals surface area contributed by atoms with E-state index in [0.717, 1.165) is 5.56 Å². The molecule has 0 bridgehead atoms. The van der Waals surface area contributed by atoms with Crippen LogP contribution in [-0.2, 0) is 10.0 Å². The Morgan fingerprint density at radius 2 is 1.68 bits per heavy atom. The molecule has 2 aromatic carbocycles. The molecule has 1 unspecified atom stereocenters. The summed E-state index contributed by atoms with van der Waals surface area (Å²) in [4.78, 5) is 12.3. The van der Waals surface area contributed by atoms with Gasteiger partial charge >= 0.3 is 0 Å². The van der Waals surface area contributed by atoms with Gasteiger partial charge in [-0.05, 0) is 35.2 Å². The second kappa shape index (κ2) is 9.88. The molecule has 0 aromatic heterocycles. The summed E-state index contributed by atoms with van der Waals surface area (Å²) in [5.74, 6) is 0.176.